The standard InChI is InChI=1S/C13H17NO4/c1-2-3-13(4-5-13)8-14-10(12(17)18)6-9(15)7-11(14)16/h6-7,15H,2-5,8H2,1H3,(H,17,18). The van der Waals surface area contributed by atoms with Gasteiger partial charge in [-0.3, -0.25) is 4.79 Å². The molecule has 1 aliphatic carbocycles. The van der Waals surface area contributed by atoms with Gasteiger partial charge >= 0.3 is 5.97 Å². The highest BCUT2D eigenvalue weighted by Gasteiger charge is 2.42. The zero-order chi connectivity index (χ0) is 13.3. The molecule has 5 heteroatoms. The summed E-state index contributed by atoms with van der Waals surface area (Å²) in [5, 5.41) is 18.4. The predicted octanol–water partition coefficient (Wildman–Crippen LogP) is 1.83. The van der Waals surface area contributed by atoms with Crippen molar-refractivity contribution in [1.82, 2.24) is 4.57 Å². The molecule has 1 saturated carbocycles. The zero-order valence-corrected chi connectivity index (χ0v) is 10.3. The molecule has 2 rings (SSSR count). The quantitative estimate of drug-likeness (QED) is 0.836. The summed E-state index contributed by atoms with van der Waals surface area (Å²) < 4.78 is 1.27. The molecule has 0 saturated heterocycles. The predicted molar refractivity (Wildman–Crippen MR) is 65.9 cm³/mol. The molecule has 1 aliphatic rings. The second-order valence-electron chi connectivity index (χ2n) is 5.08. The highest BCUT2D eigenvalue weighted by Crippen LogP contribution is 2.50. The van der Waals surface area contributed by atoms with Crippen molar-refractivity contribution in [2.24, 2.45) is 5.41 Å². The van der Waals surface area contributed by atoms with Crippen molar-refractivity contribution in [2.45, 2.75) is 39.2 Å². The second kappa shape index (κ2) is 4.48. The van der Waals surface area contributed by atoms with Gasteiger partial charge in [-0.05, 0) is 24.7 Å². The lowest BCUT2D eigenvalue weighted by molar-refractivity contribution is 0.0680. The fourth-order valence-corrected chi connectivity index (χ4v) is 2.45. The number of carbonyl (C=O) groups is 1. The molecule has 1 heterocycles. The SMILES string of the molecule is CCCC1(Cn2c(C(=O)O)cc(O)cc2=O)CC1. The third-order valence-electron chi connectivity index (χ3n) is 3.56. The van der Waals surface area contributed by atoms with E-state index in [0.717, 1.165) is 37.8 Å². The first-order chi connectivity index (χ1) is 8.47. The Bertz CT molecular complexity index is 528. The van der Waals surface area contributed by atoms with Crippen LogP contribution in [0, 0.1) is 5.41 Å². The molecule has 0 atom stereocenters. The molecule has 0 amide bonds. The van der Waals surface area contributed by atoms with Crippen LogP contribution in [-0.2, 0) is 6.54 Å². The molecule has 1 aromatic rings. The van der Waals surface area contributed by atoms with E-state index in [4.69, 9.17) is 5.11 Å². The van der Waals surface area contributed by atoms with E-state index in [0.29, 0.717) is 6.54 Å². The molecule has 1 fully saturated rings. The lowest BCUT2D eigenvalue weighted by atomic mass is 10.0. The van der Waals surface area contributed by atoms with Crippen LogP contribution < -0.4 is 5.56 Å². The zero-order valence-electron chi connectivity index (χ0n) is 10.3. The molecule has 0 aliphatic heterocycles. The van der Waals surface area contributed by atoms with E-state index in [-0.39, 0.29) is 16.9 Å². The Morgan fingerprint density at radius 2 is 2.11 bits per heavy atom. The maximum atomic E-state index is 11.8. The van der Waals surface area contributed by atoms with Gasteiger partial charge in [-0.1, -0.05) is 13.3 Å². The summed E-state index contributed by atoms with van der Waals surface area (Å²) in [6.45, 7) is 2.51. The monoisotopic (exact) mass is 251 g/mol. The van der Waals surface area contributed by atoms with Gasteiger partial charge in [-0.2, -0.15) is 0 Å². The first-order valence-corrected chi connectivity index (χ1v) is 6.14. The van der Waals surface area contributed by atoms with Crippen LogP contribution in [0.15, 0.2) is 16.9 Å². The Morgan fingerprint density at radius 3 is 2.61 bits per heavy atom. The lowest BCUT2D eigenvalue weighted by Crippen LogP contribution is -2.29. The number of rotatable bonds is 5. The number of aromatic nitrogens is 1. The van der Waals surface area contributed by atoms with Crippen LogP contribution in [0.1, 0.15) is 43.1 Å². The fraction of sp³-hybridized carbons (Fsp3) is 0.538. The van der Waals surface area contributed by atoms with E-state index in [2.05, 4.69) is 6.92 Å². The minimum absolute atomic E-state index is 0.0831. The number of pyridine rings is 1. The summed E-state index contributed by atoms with van der Waals surface area (Å²) >= 11 is 0. The molecule has 0 spiro atoms. The average molecular weight is 251 g/mol. The van der Waals surface area contributed by atoms with Crippen LogP contribution in [0.2, 0.25) is 0 Å². The first kappa shape index (κ1) is 12.7. The minimum atomic E-state index is -1.18. The molecule has 98 valence electrons. The summed E-state index contributed by atoms with van der Waals surface area (Å²) in [5.41, 5.74) is -0.503. The number of aromatic hydroxyl groups is 1. The van der Waals surface area contributed by atoms with Crippen molar-refractivity contribution in [1.29, 1.82) is 0 Å². The van der Waals surface area contributed by atoms with E-state index in [9.17, 15) is 14.7 Å². The molecule has 18 heavy (non-hydrogen) atoms. The molecule has 0 aromatic carbocycles. The van der Waals surface area contributed by atoms with Gasteiger partial charge in [-0.15, -0.1) is 0 Å². The summed E-state index contributed by atoms with van der Waals surface area (Å²) in [5.74, 6) is -1.48. The Labute approximate surface area is 105 Å². The fourth-order valence-electron chi connectivity index (χ4n) is 2.45. The number of aromatic carboxylic acids is 1. The number of hydrogen-bond donors (Lipinski definition) is 2. The van der Waals surface area contributed by atoms with E-state index >= 15 is 0 Å². The number of hydrogen-bond acceptors (Lipinski definition) is 3. The molecular formula is C13H17NO4. The summed E-state index contributed by atoms with van der Waals surface area (Å²) in [7, 11) is 0. The van der Waals surface area contributed by atoms with E-state index in [1.165, 1.54) is 4.57 Å². The van der Waals surface area contributed by atoms with Crippen LogP contribution in [0.3, 0.4) is 0 Å². The Balaban J connectivity index is 2.38. The third-order valence-corrected chi connectivity index (χ3v) is 3.56. The normalized spacial score (nSPS) is 16.5. The maximum Gasteiger partial charge on any atom is 0.352 e. The molecule has 0 bridgehead atoms. The van der Waals surface area contributed by atoms with Gasteiger partial charge in [0.05, 0.1) is 0 Å². The highest BCUT2D eigenvalue weighted by molar-refractivity contribution is 5.86. The summed E-state index contributed by atoms with van der Waals surface area (Å²) in [6, 6.07) is 2.19. The Hall–Kier alpha value is -1.78. The van der Waals surface area contributed by atoms with Crippen LogP contribution in [0.5, 0.6) is 5.75 Å². The van der Waals surface area contributed by atoms with Crippen molar-refractivity contribution in [3.63, 3.8) is 0 Å². The minimum Gasteiger partial charge on any atom is -0.508 e. The number of carboxylic acids is 1. The van der Waals surface area contributed by atoms with Crippen molar-refractivity contribution < 1.29 is 15.0 Å². The van der Waals surface area contributed by atoms with Crippen LogP contribution >= 0.6 is 0 Å². The molecule has 0 unspecified atom stereocenters. The molecular weight excluding hydrogens is 234 g/mol. The number of nitrogens with zero attached hydrogens (tertiary/aromatic N) is 1. The van der Waals surface area contributed by atoms with Gasteiger partial charge in [-0.25, -0.2) is 4.79 Å². The molecule has 5 nitrogen and oxygen atoms in total. The second-order valence-corrected chi connectivity index (χ2v) is 5.08. The van der Waals surface area contributed by atoms with Crippen molar-refractivity contribution in [3.8, 4) is 5.75 Å². The Kier molecular flexibility index (Phi) is 3.15. The van der Waals surface area contributed by atoms with Crippen LogP contribution in [0.25, 0.3) is 0 Å². The average Bonchev–Trinajstić information content (AvgIpc) is 3.02. The van der Waals surface area contributed by atoms with E-state index in [1.54, 1.807) is 0 Å². The lowest BCUT2D eigenvalue weighted by Gasteiger charge is -2.17. The van der Waals surface area contributed by atoms with E-state index < -0.39 is 11.5 Å². The molecule has 1 aromatic heterocycles. The van der Waals surface area contributed by atoms with Gasteiger partial charge in [0.1, 0.15) is 11.4 Å². The summed E-state index contributed by atoms with van der Waals surface area (Å²) in [6.07, 6.45) is 4.09. The van der Waals surface area contributed by atoms with Crippen molar-refractivity contribution in [3.05, 3.63) is 28.2 Å². The third kappa shape index (κ3) is 2.39. The topological polar surface area (TPSA) is 79.5 Å². The van der Waals surface area contributed by atoms with Crippen LogP contribution in [0.4, 0.5) is 0 Å². The Morgan fingerprint density at radius 1 is 1.44 bits per heavy atom. The van der Waals surface area contributed by atoms with Crippen molar-refractivity contribution in [2.75, 3.05) is 0 Å². The largest absolute Gasteiger partial charge is 0.508 e. The molecule has 2 N–H and O–H groups in total. The van der Waals surface area contributed by atoms with Gasteiger partial charge in [0.25, 0.3) is 5.56 Å². The smallest absolute Gasteiger partial charge is 0.352 e. The van der Waals surface area contributed by atoms with Crippen molar-refractivity contribution >= 4 is 5.97 Å². The first-order valence-electron chi connectivity index (χ1n) is 6.14. The summed E-state index contributed by atoms with van der Waals surface area (Å²) in [4.78, 5) is 22.9. The van der Waals surface area contributed by atoms with Gasteiger partial charge in [0.15, 0.2) is 0 Å². The highest BCUT2D eigenvalue weighted by atomic mass is 16.4. The number of carboxylic acid groups (broad SMARTS) is 1. The van der Waals surface area contributed by atoms with Gasteiger partial charge < -0.3 is 14.8 Å². The van der Waals surface area contributed by atoms with Crippen LogP contribution in [-0.4, -0.2) is 20.7 Å². The van der Waals surface area contributed by atoms with E-state index in [1.807, 2.05) is 0 Å². The van der Waals surface area contributed by atoms with Gasteiger partial charge in [0.2, 0.25) is 0 Å². The molecule has 0 radical (unpaired) electrons. The maximum absolute atomic E-state index is 11.8. The van der Waals surface area contributed by atoms with Gasteiger partial charge in [0, 0.05) is 18.7 Å².